The van der Waals surface area contributed by atoms with E-state index in [4.69, 9.17) is 9.15 Å². The number of carbonyl (C=O) groups is 1. The van der Waals surface area contributed by atoms with Crippen LogP contribution in [0.1, 0.15) is 48.0 Å². The second-order valence-corrected chi connectivity index (χ2v) is 8.44. The quantitative estimate of drug-likeness (QED) is 0.465. The molecule has 0 spiro atoms. The monoisotopic (exact) mass is 385 g/mol. The summed E-state index contributed by atoms with van der Waals surface area (Å²) in [5.41, 5.74) is 2.52. The standard InChI is InChI=1S/C25H23NO3/c1-15-8-10-22-19(12-15)20(14-25(2,3)29-22)26-24(27)23-13-18-17-7-5-4-6-16(17)9-11-21(18)28-23/h4-13,20H,14H2,1-3H3,(H,26,27)/t20-/m0/s1. The molecule has 1 aromatic heterocycles. The molecule has 0 saturated heterocycles. The SMILES string of the molecule is Cc1ccc2c(c1)[C@@H](NC(=O)c1cc3c(ccc4ccccc43)o1)CC(C)(C)O2. The smallest absolute Gasteiger partial charge is 0.287 e. The minimum atomic E-state index is -0.357. The van der Waals surface area contributed by atoms with Crippen molar-refractivity contribution < 1.29 is 13.9 Å². The number of rotatable bonds is 2. The molecule has 1 atom stereocenters. The van der Waals surface area contributed by atoms with Crippen molar-refractivity contribution in [2.24, 2.45) is 0 Å². The maximum Gasteiger partial charge on any atom is 0.287 e. The Hall–Kier alpha value is -3.27. The highest BCUT2D eigenvalue weighted by atomic mass is 16.5. The minimum absolute atomic E-state index is 0.133. The van der Waals surface area contributed by atoms with E-state index < -0.39 is 0 Å². The lowest BCUT2D eigenvalue weighted by Gasteiger charge is -2.38. The van der Waals surface area contributed by atoms with Gasteiger partial charge in [-0.15, -0.1) is 0 Å². The largest absolute Gasteiger partial charge is 0.487 e. The van der Waals surface area contributed by atoms with Gasteiger partial charge in [-0.05, 0) is 49.7 Å². The summed E-state index contributed by atoms with van der Waals surface area (Å²) in [5.74, 6) is 0.947. The average Bonchev–Trinajstić information content (AvgIpc) is 3.13. The third kappa shape index (κ3) is 3.15. The van der Waals surface area contributed by atoms with Crippen LogP contribution in [0.2, 0.25) is 0 Å². The average molecular weight is 385 g/mol. The van der Waals surface area contributed by atoms with Crippen LogP contribution in [0.15, 0.2) is 65.1 Å². The van der Waals surface area contributed by atoms with Gasteiger partial charge < -0.3 is 14.5 Å². The molecule has 0 radical (unpaired) electrons. The molecule has 1 amide bonds. The van der Waals surface area contributed by atoms with E-state index in [-0.39, 0.29) is 17.6 Å². The topological polar surface area (TPSA) is 51.5 Å². The van der Waals surface area contributed by atoms with Gasteiger partial charge in [0.25, 0.3) is 5.91 Å². The summed E-state index contributed by atoms with van der Waals surface area (Å²) in [6.07, 6.45) is 0.693. The van der Waals surface area contributed by atoms with Crippen molar-refractivity contribution in [2.75, 3.05) is 0 Å². The fourth-order valence-electron chi connectivity index (χ4n) is 4.24. The third-order valence-corrected chi connectivity index (χ3v) is 5.58. The van der Waals surface area contributed by atoms with Gasteiger partial charge in [0.1, 0.15) is 16.9 Å². The van der Waals surface area contributed by atoms with Crippen LogP contribution in [0.5, 0.6) is 5.75 Å². The van der Waals surface area contributed by atoms with Gasteiger partial charge in [0.05, 0.1) is 6.04 Å². The molecule has 1 N–H and O–H groups in total. The number of benzene rings is 3. The summed E-state index contributed by atoms with van der Waals surface area (Å²) in [4.78, 5) is 13.1. The number of hydrogen-bond donors (Lipinski definition) is 1. The first kappa shape index (κ1) is 17.8. The normalized spacial score (nSPS) is 17.7. The molecule has 4 nitrogen and oxygen atoms in total. The Kier molecular flexibility index (Phi) is 3.91. The van der Waals surface area contributed by atoms with Crippen LogP contribution in [-0.4, -0.2) is 11.5 Å². The highest BCUT2D eigenvalue weighted by Crippen LogP contribution is 2.40. The van der Waals surface area contributed by atoms with Gasteiger partial charge in [-0.25, -0.2) is 0 Å². The van der Waals surface area contributed by atoms with Gasteiger partial charge in [0.15, 0.2) is 5.76 Å². The van der Waals surface area contributed by atoms with E-state index in [1.807, 2.05) is 63.2 Å². The van der Waals surface area contributed by atoms with E-state index >= 15 is 0 Å². The first-order valence-corrected chi connectivity index (χ1v) is 9.91. The number of amides is 1. The maximum atomic E-state index is 13.1. The number of ether oxygens (including phenoxy) is 1. The van der Waals surface area contributed by atoms with Gasteiger partial charge in [-0.3, -0.25) is 4.79 Å². The van der Waals surface area contributed by atoms with Crippen LogP contribution in [0.3, 0.4) is 0 Å². The molecule has 146 valence electrons. The molecule has 0 bridgehead atoms. The summed E-state index contributed by atoms with van der Waals surface area (Å²) in [6.45, 7) is 6.13. The molecule has 1 aliphatic heterocycles. The molecule has 29 heavy (non-hydrogen) atoms. The molecule has 0 unspecified atom stereocenters. The fourth-order valence-corrected chi connectivity index (χ4v) is 4.24. The van der Waals surface area contributed by atoms with Crippen LogP contribution in [0, 0.1) is 6.92 Å². The minimum Gasteiger partial charge on any atom is -0.487 e. The molecule has 2 heterocycles. The van der Waals surface area contributed by atoms with Crippen molar-refractivity contribution >= 4 is 27.6 Å². The number of carbonyl (C=O) groups excluding carboxylic acids is 1. The zero-order valence-corrected chi connectivity index (χ0v) is 16.8. The molecular formula is C25H23NO3. The van der Waals surface area contributed by atoms with Crippen LogP contribution in [0.25, 0.3) is 21.7 Å². The van der Waals surface area contributed by atoms with Gasteiger partial charge >= 0.3 is 0 Å². The molecule has 0 aliphatic carbocycles. The highest BCUT2D eigenvalue weighted by molar-refractivity contribution is 6.08. The molecule has 0 fully saturated rings. The molecule has 0 saturated carbocycles. The molecule has 4 aromatic rings. The molecule has 5 rings (SSSR count). The van der Waals surface area contributed by atoms with Crippen molar-refractivity contribution in [1.29, 1.82) is 0 Å². The van der Waals surface area contributed by atoms with E-state index in [2.05, 4.69) is 23.5 Å². The van der Waals surface area contributed by atoms with Crippen LogP contribution < -0.4 is 10.1 Å². The van der Waals surface area contributed by atoms with Crippen LogP contribution in [-0.2, 0) is 0 Å². The molecule has 1 aliphatic rings. The summed E-state index contributed by atoms with van der Waals surface area (Å²) >= 11 is 0. The predicted molar refractivity (Wildman–Crippen MR) is 114 cm³/mol. The van der Waals surface area contributed by atoms with Crippen molar-refractivity contribution in [3.05, 3.63) is 77.6 Å². The van der Waals surface area contributed by atoms with Gasteiger partial charge in [0, 0.05) is 17.4 Å². The Labute approximate surface area is 169 Å². The Balaban J connectivity index is 1.50. The number of furan rings is 1. The van der Waals surface area contributed by atoms with E-state index in [1.54, 1.807) is 0 Å². The van der Waals surface area contributed by atoms with Crippen LogP contribution >= 0.6 is 0 Å². The van der Waals surface area contributed by atoms with Gasteiger partial charge in [-0.1, -0.05) is 48.0 Å². The van der Waals surface area contributed by atoms with E-state index in [0.29, 0.717) is 12.2 Å². The lowest BCUT2D eigenvalue weighted by molar-refractivity contribution is 0.0611. The maximum absolute atomic E-state index is 13.1. The van der Waals surface area contributed by atoms with Gasteiger partial charge in [-0.2, -0.15) is 0 Å². The van der Waals surface area contributed by atoms with Crippen molar-refractivity contribution in [1.82, 2.24) is 5.32 Å². The first-order chi connectivity index (χ1) is 13.9. The third-order valence-electron chi connectivity index (χ3n) is 5.58. The Morgan fingerprint density at radius 3 is 2.72 bits per heavy atom. The summed E-state index contributed by atoms with van der Waals surface area (Å²) in [5, 5.41) is 6.34. The zero-order chi connectivity index (χ0) is 20.2. The van der Waals surface area contributed by atoms with Crippen molar-refractivity contribution in [3.8, 4) is 5.75 Å². The summed E-state index contributed by atoms with van der Waals surface area (Å²) in [7, 11) is 0. The van der Waals surface area contributed by atoms with Crippen LogP contribution in [0.4, 0.5) is 0 Å². The highest BCUT2D eigenvalue weighted by Gasteiger charge is 2.35. The molecular weight excluding hydrogens is 362 g/mol. The zero-order valence-electron chi connectivity index (χ0n) is 16.8. The Morgan fingerprint density at radius 2 is 1.86 bits per heavy atom. The van der Waals surface area contributed by atoms with E-state index in [1.165, 1.54) is 0 Å². The number of nitrogens with one attached hydrogen (secondary N) is 1. The molecule has 3 aromatic carbocycles. The fraction of sp³-hybridized carbons (Fsp3) is 0.240. The van der Waals surface area contributed by atoms with E-state index in [9.17, 15) is 4.79 Å². The lowest BCUT2D eigenvalue weighted by atomic mass is 9.89. The lowest BCUT2D eigenvalue weighted by Crippen LogP contribution is -2.41. The summed E-state index contributed by atoms with van der Waals surface area (Å²) < 4.78 is 12.0. The Morgan fingerprint density at radius 1 is 1.03 bits per heavy atom. The predicted octanol–water partition coefficient (Wildman–Crippen LogP) is 5.93. The molecule has 4 heteroatoms. The number of aryl methyl sites for hydroxylation is 1. The summed E-state index contributed by atoms with van der Waals surface area (Å²) in [6, 6.07) is 19.9. The Bertz CT molecular complexity index is 1250. The van der Waals surface area contributed by atoms with E-state index in [0.717, 1.165) is 38.6 Å². The second-order valence-electron chi connectivity index (χ2n) is 8.44. The number of hydrogen-bond acceptors (Lipinski definition) is 3. The number of fused-ring (bicyclic) bond motifs is 4. The first-order valence-electron chi connectivity index (χ1n) is 9.91. The van der Waals surface area contributed by atoms with Crippen molar-refractivity contribution in [2.45, 2.75) is 38.8 Å². The van der Waals surface area contributed by atoms with Gasteiger partial charge in [0.2, 0.25) is 0 Å². The second kappa shape index (κ2) is 6.38. The van der Waals surface area contributed by atoms with Crippen molar-refractivity contribution in [3.63, 3.8) is 0 Å².